The Bertz CT molecular complexity index is 947. The van der Waals surface area contributed by atoms with E-state index >= 15 is 4.39 Å². The third kappa shape index (κ3) is 2.74. The number of ketones is 2. The van der Waals surface area contributed by atoms with E-state index in [-0.39, 0.29) is 18.6 Å². The van der Waals surface area contributed by atoms with Gasteiger partial charge in [-0.15, -0.1) is 11.6 Å². The van der Waals surface area contributed by atoms with Crippen molar-refractivity contribution >= 4 is 29.1 Å². The molecule has 8 heteroatoms. The molecule has 0 aliphatic heterocycles. The molecule has 3 fully saturated rings. The zero-order valence-electron chi connectivity index (χ0n) is 18.7. The molecule has 4 aliphatic carbocycles. The van der Waals surface area contributed by atoms with Gasteiger partial charge in [-0.2, -0.15) is 0 Å². The van der Waals surface area contributed by atoms with Crippen LogP contribution in [-0.2, 0) is 19.1 Å². The van der Waals surface area contributed by atoms with Gasteiger partial charge in [0.05, 0.1) is 6.10 Å². The smallest absolute Gasteiger partial charge is 0.303 e. The first-order chi connectivity index (χ1) is 14.7. The van der Waals surface area contributed by atoms with Gasteiger partial charge in [-0.05, 0) is 50.2 Å². The molecule has 0 heterocycles. The van der Waals surface area contributed by atoms with Crippen LogP contribution in [0.4, 0.5) is 4.39 Å². The number of hydrogen-bond donors (Lipinski definition) is 2. The molecule has 0 aromatic rings. The van der Waals surface area contributed by atoms with Crippen LogP contribution >= 0.6 is 11.6 Å². The highest BCUT2D eigenvalue weighted by Gasteiger charge is 2.77. The highest BCUT2D eigenvalue weighted by molar-refractivity contribution is 6.21. The van der Waals surface area contributed by atoms with Crippen LogP contribution < -0.4 is 0 Å². The Labute approximate surface area is 191 Å². The fourth-order valence-corrected chi connectivity index (χ4v) is 7.88. The highest BCUT2D eigenvalue weighted by atomic mass is 35.5. The number of carbonyl (C=O) groups is 3. The minimum Gasteiger partial charge on any atom is -0.458 e. The maximum absolute atomic E-state index is 17.2. The van der Waals surface area contributed by atoms with Crippen molar-refractivity contribution in [3.63, 3.8) is 0 Å². The van der Waals surface area contributed by atoms with Gasteiger partial charge in [-0.1, -0.05) is 25.5 Å². The highest BCUT2D eigenvalue weighted by Crippen LogP contribution is 2.71. The summed E-state index contributed by atoms with van der Waals surface area (Å²) in [7, 11) is 0. The summed E-state index contributed by atoms with van der Waals surface area (Å²) in [6.45, 7) is 5.70. The summed E-state index contributed by atoms with van der Waals surface area (Å²) in [6, 6.07) is 0. The van der Waals surface area contributed by atoms with Crippen LogP contribution in [0.1, 0.15) is 47.0 Å². The Morgan fingerprint density at radius 1 is 1.34 bits per heavy atom. The lowest BCUT2D eigenvalue weighted by Gasteiger charge is -2.63. The molecule has 176 valence electrons. The van der Waals surface area contributed by atoms with E-state index in [1.165, 1.54) is 25.2 Å². The SMILES string of the molecule is CC(=O)OCC(=O)[C@@]1(O)C(C)C[C@H]2[C@@H]3C(Cl)CC4=CC(=O)C=C[C@]4(C)[C@@]3(F)C(O)C[C@@]21C. The summed E-state index contributed by atoms with van der Waals surface area (Å²) in [4.78, 5) is 36.3. The van der Waals surface area contributed by atoms with E-state index in [2.05, 4.69) is 0 Å². The van der Waals surface area contributed by atoms with Crippen LogP contribution in [-0.4, -0.2) is 57.1 Å². The van der Waals surface area contributed by atoms with Crippen molar-refractivity contribution in [2.75, 3.05) is 6.61 Å². The Balaban J connectivity index is 1.80. The number of carbonyl (C=O) groups excluding carboxylic acids is 3. The van der Waals surface area contributed by atoms with E-state index in [1.54, 1.807) is 20.8 Å². The van der Waals surface area contributed by atoms with Gasteiger partial charge in [-0.3, -0.25) is 14.4 Å². The summed E-state index contributed by atoms with van der Waals surface area (Å²) >= 11 is 6.76. The largest absolute Gasteiger partial charge is 0.458 e. The van der Waals surface area contributed by atoms with Crippen molar-refractivity contribution in [3.8, 4) is 0 Å². The van der Waals surface area contributed by atoms with Gasteiger partial charge in [0.15, 0.2) is 18.1 Å². The Morgan fingerprint density at radius 3 is 2.62 bits per heavy atom. The summed E-state index contributed by atoms with van der Waals surface area (Å²) in [5, 5.41) is 22.3. The van der Waals surface area contributed by atoms with E-state index in [0.717, 1.165) is 0 Å². The van der Waals surface area contributed by atoms with Crippen molar-refractivity contribution in [3.05, 3.63) is 23.8 Å². The van der Waals surface area contributed by atoms with Gasteiger partial charge in [0.1, 0.15) is 5.60 Å². The predicted molar refractivity (Wildman–Crippen MR) is 115 cm³/mol. The van der Waals surface area contributed by atoms with Crippen molar-refractivity contribution < 1.29 is 33.7 Å². The maximum atomic E-state index is 17.2. The summed E-state index contributed by atoms with van der Waals surface area (Å²) in [5.41, 5.74) is -5.90. The van der Waals surface area contributed by atoms with Gasteiger partial charge in [0.25, 0.3) is 0 Å². The van der Waals surface area contributed by atoms with E-state index < -0.39 is 69.7 Å². The molecule has 0 aromatic carbocycles. The van der Waals surface area contributed by atoms with Crippen LogP contribution in [0.3, 0.4) is 0 Å². The lowest BCUT2D eigenvalue weighted by atomic mass is 9.44. The second-order valence-corrected chi connectivity index (χ2v) is 11.0. The molecule has 9 atom stereocenters. The number of aliphatic hydroxyl groups excluding tert-OH is 1. The van der Waals surface area contributed by atoms with Gasteiger partial charge >= 0.3 is 5.97 Å². The maximum Gasteiger partial charge on any atom is 0.303 e. The quantitative estimate of drug-likeness (QED) is 0.488. The number of ether oxygens (including phenoxy) is 1. The molecular weight excluding hydrogens is 439 g/mol. The number of aliphatic hydroxyl groups is 2. The average molecular weight is 469 g/mol. The van der Waals surface area contributed by atoms with E-state index in [4.69, 9.17) is 16.3 Å². The second kappa shape index (κ2) is 7.21. The van der Waals surface area contributed by atoms with E-state index in [9.17, 15) is 24.6 Å². The molecule has 4 rings (SSSR count). The van der Waals surface area contributed by atoms with Crippen LogP contribution in [0.15, 0.2) is 23.8 Å². The third-order valence-corrected chi connectivity index (χ3v) is 9.45. The van der Waals surface area contributed by atoms with E-state index in [1.807, 2.05) is 0 Å². The molecule has 0 amide bonds. The number of halogens is 2. The number of rotatable bonds is 3. The lowest BCUT2D eigenvalue weighted by molar-refractivity contribution is -0.218. The Hall–Kier alpha value is -1.57. The third-order valence-electron chi connectivity index (χ3n) is 9.03. The minimum atomic E-state index is -2.17. The van der Waals surface area contributed by atoms with Gasteiger partial charge in [0, 0.05) is 29.0 Å². The standard InChI is InChI=1S/C24H30ClFO6/c1-12-7-16-20-17(25)9-14-8-15(28)5-6-21(14,3)23(20,26)18(29)10-22(16,4)24(12,31)19(30)11-32-13(2)27/h5-6,8,12,16-18,20,29,31H,7,9-11H2,1-4H3/t12?,16-,17?,18?,20+,21-,22-,23+,24-/m0/s1. The molecule has 32 heavy (non-hydrogen) atoms. The number of alkyl halides is 2. The first-order valence-corrected chi connectivity index (χ1v) is 11.5. The summed E-state index contributed by atoms with van der Waals surface area (Å²) < 4.78 is 22.0. The summed E-state index contributed by atoms with van der Waals surface area (Å²) in [5.74, 6) is -3.42. The molecule has 3 saturated carbocycles. The minimum absolute atomic E-state index is 0.161. The van der Waals surface area contributed by atoms with Crippen LogP contribution in [0, 0.1) is 28.6 Å². The Morgan fingerprint density at radius 2 is 2.00 bits per heavy atom. The van der Waals surface area contributed by atoms with Crippen LogP contribution in [0.2, 0.25) is 0 Å². The average Bonchev–Trinajstić information content (AvgIpc) is 2.89. The monoisotopic (exact) mass is 468 g/mol. The fourth-order valence-electron chi connectivity index (χ4n) is 7.36. The molecule has 2 N–H and O–H groups in total. The van der Waals surface area contributed by atoms with Gasteiger partial charge < -0.3 is 14.9 Å². The first-order valence-electron chi connectivity index (χ1n) is 11.1. The van der Waals surface area contributed by atoms with Crippen molar-refractivity contribution in [2.45, 2.75) is 69.7 Å². The van der Waals surface area contributed by atoms with Gasteiger partial charge in [0.2, 0.25) is 5.78 Å². The Kier molecular flexibility index (Phi) is 5.32. The van der Waals surface area contributed by atoms with E-state index in [0.29, 0.717) is 12.0 Å². The van der Waals surface area contributed by atoms with Gasteiger partial charge in [-0.25, -0.2) is 4.39 Å². The molecule has 0 aromatic heterocycles. The van der Waals surface area contributed by atoms with Crippen molar-refractivity contribution in [1.29, 1.82) is 0 Å². The van der Waals surface area contributed by atoms with Crippen LogP contribution in [0.5, 0.6) is 0 Å². The first kappa shape index (κ1) is 23.6. The number of hydrogen-bond acceptors (Lipinski definition) is 6. The van der Waals surface area contributed by atoms with Crippen molar-refractivity contribution in [1.82, 2.24) is 0 Å². The van der Waals surface area contributed by atoms with Crippen molar-refractivity contribution in [2.24, 2.45) is 28.6 Å². The number of fused-ring (bicyclic) bond motifs is 5. The van der Waals surface area contributed by atoms with Crippen LogP contribution in [0.25, 0.3) is 0 Å². The number of allylic oxidation sites excluding steroid dienone is 4. The lowest BCUT2D eigenvalue weighted by Crippen LogP contribution is -2.71. The number of Topliss-reactive ketones (excluding diaryl/α,β-unsaturated/α-hetero) is 1. The molecular formula is C24H30ClFO6. The second-order valence-electron chi connectivity index (χ2n) is 10.5. The molecule has 4 aliphatic rings. The molecule has 0 saturated heterocycles. The zero-order valence-corrected chi connectivity index (χ0v) is 19.5. The molecule has 0 bridgehead atoms. The number of esters is 1. The zero-order chi connectivity index (χ0) is 23.9. The molecule has 6 nitrogen and oxygen atoms in total. The summed E-state index contributed by atoms with van der Waals surface area (Å²) in [6.07, 6.45) is 3.19. The predicted octanol–water partition coefficient (Wildman–Crippen LogP) is 2.68. The molecule has 0 radical (unpaired) electrons. The molecule has 3 unspecified atom stereocenters. The topological polar surface area (TPSA) is 101 Å². The molecule has 0 spiro atoms. The fraction of sp³-hybridized carbons (Fsp3) is 0.708. The normalized spacial score (nSPS) is 49.6.